The number of aliphatic carboxylic acids is 1. The second-order valence-electron chi connectivity index (χ2n) is 7.22. The van der Waals surface area contributed by atoms with Crippen LogP contribution in [0, 0.1) is 27.7 Å². The maximum atomic E-state index is 12.7. The summed E-state index contributed by atoms with van der Waals surface area (Å²) < 4.78 is 1.79. The lowest BCUT2D eigenvalue weighted by Crippen LogP contribution is -2.14. The van der Waals surface area contributed by atoms with Crippen LogP contribution in [-0.2, 0) is 11.2 Å². The summed E-state index contributed by atoms with van der Waals surface area (Å²) in [6, 6.07) is 13.1. The number of benzene rings is 2. The number of hydrogen-bond acceptors (Lipinski definition) is 3. The van der Waals surface area contributed by atoms with Crippen molar-refractivity contribution in [2.45, 2.75) is 40.5 Å². The van der Waals surface area contributed by atoms with Gasteiger partial charge in [-0.05, 0) is 75.1 Å². The highest BCUT2D eigenvalue weighted by Crippen LogP contribution is 2.22. The Morgan fingerprint density at radius 3 is 2.21 bits per heavy atom. The Morgan fingerprint density at radius 1 is 1.00 bits per heavy atom. The van der Waals surface area contributed by atoms with Crippen molar-refractivity contribution in [1.82, 2.24) is 9.78 Å². The van der Waals surface area contributed by atoms with Gasteiger partial charge in [0, 0.05) is 23.4 Å². The largest absolute Gasteiger partial charge is 0.481 e. The standard InChI is InChI=1S/C23H25N3O3/c1-14-6-5-7-15(2)22(14)24-23(29)18-8-10-19(11-9-18)26-17(4)20(16(3)25-26)12-13-21(27)28/h5-11H,12-13H2,1-4H3,(H,24,29)(H,27,28). The van der Waals surface area contributed by atoms with E-state index in [9.17, 15) is 9.59 Å². The summed E-state index contributed by atoms with van der Waals surface area (Å²) in [7, 11) is 0. The van der Waals surface area contributed by atoms with Crippen LogP contribution >= 0.6 is 0 Å². The van der Waals surface area contributed by atoms with Gasteiger partial charge in [0.05, 0.1) is 11.4 Å². The molecule has 3 rings (SSSR count). The number of nitrogens with one attached hydrogen (secondary N) is 1. The normalized spacial score (nSPS) is 10.8. The molecule has 0 aliphatic rings. The number of aryl methyl sites for hydroxylation is 3. The van der Waals surface area contributed by atoms with Gasteiger partial charge in [-0.25, -0.2) is 4.68 Å². The van der Waals surface area contributed by atoms with Crippen molar-refractivity contribution in [1.29, 1.82) is 0 Å². The molecule has 1 heterocycles. The summed E-state index contributed by atoms with van der Waals surface area (Å²) in [5.41, 5.74) is 6.95. The second kappa shape index (κ2) is 8.31. The molecule has 29 heavy (non-hydrogen) atoms. The highest BCUT2D eigenvalue weighted by molar-refractivity contribution is 6.05. The quantitative estimate of drug-likeness (QED) is 0.653. The minimum Gasteiger partial charge on any atom is -0.481 e. The highest BCUT2D eigenvalue weighted by atomic mass is 16.4. The van der Waals surface area contributed by atoms with E-state index in [-0.39, 0.29) is 12.3 Å². The van der Waals surface area contributed by atoms with E-state index in [4.69, 9.17) is 5.11 Å². The fourth-order valence-corrected chi connectivity index (χ4v) is 3.47. The number of anilines is 1. The summed E-state index contributed by atoms with van der Waals surface area (Å²) in [6.45, 7) is 7.75. The molecule has 6 nitrogen and oxygen atoms in total. The van der Waals surface area contributed by atoms with Crippen LogP contribution in [0.2, 0.25) is 0 Å². The monoisotopic (exact) mass is 391 g/mol. The Labute approximate surface area is 170 Å². The zero-order chi connectivity index (χ0) is 21.1. The zero-order valence-corrected chi connectivity index (χ0v) is 17.1. The smallest absolute Gasteiger partial charge is 0.303 e. The molecule has 1 amide bonds. The molecule has 0 aliphatic carbocycles. The number of rotatable bonds is 6. The van der Waals surface area contributed by atoms with Crippen molar-refractivity contribution in [2.24, 2.45) is 0 Å². The molecule has 0 aliphatic heterocycles. The van der Waals surface area contributed by atoms with Gasteiger partial charge in [-0.2, -0.15) is 5.10 Å². The minimum absolute atomic E-state index is 0.0742. The number of nitrogens with zero attached hydrogens (tertiary/aromatic N) is 2. The average molecular weight is 391 g/mol. The molecule has 3 aromatic rings. The summed E-state index contributed by atoms with van der Waals surface area (Å²) >= 11 is 0. The van der Waals surface area contributed by atoms with Gasteiger partial charge in [0.2, 0.25) is 0 Å². The van der Waals surface area contributed by atoms with Crippen molar-refractivity contribution < 1.29 is 14.7 Å². The molecule has 0 saturated heterocycles. The fraction of sp³-hybridized carbons (Fsp3) is 0.261. The molecule has 0 unspecified atom stereocenters. The SMILES string of the molecule is Cc1cccc(C)c1NC(=O)c1ccc(-n2nc(C)c(CCC(=O)O)c2C)cc1. The van der Waals surface area contributed by atoms with Crippen LogP contribution in [0.5, 0.6) is 0 Å². The Morgan fingerprint density at radius 2 is 1.62 bits per heavy atom. The third kappa shape index (κ3) is 4.37. The maximum absolute atomic E-state index is 12.7. The molecule has 6 heteroatoms. The van der Waals surface area contributed by atoms with Gasteiger partial charge in [-0.3, -0.25) is 9.59 Å². The summed E-state index contributed by atoms with van der Waals surface area (Å²) in [6.07, 6.45) is 0.522. The number of hydrogen-bond donors (Lipinski definition) is 2. The minimum atomic E-state index is -0.823. The predicted molar refractivity (Wildman–Crippen MR) is 113 cm³/mol. The number of para-hydroxylation sites is 1. The van der Waals surface area contributed by atoms with Gasteiger partial charge >= 0.3 is 5.97 Å². The number of carboxylic acid groups (broad SMARTS) is 1. The molecule has 0 fully saturated rings. The lowest BCUT2D eigenvalue weighted by Gasteiger charge is -2.12. The summed E-state index contributed by atoms with van der Waals surface area (Å²) in [5, 5.41) is 16.5. The highest BCUT2D eigenvalue weighted by Gasteiger charge is 2.15. The molecule has 0 spiro atoms. The van der Waals surface area contributed by atoms with Gasteiger partial charge < -0.3 is 10.4 Å². The summed E-state index contributed by atoms with van der Waals surface area (Å²) in [5.74, 6) is -0.986. The van der Waals surface area contributed by atoms with E-state index in [1.807, 2.05) is 58.0 Å². The first-order valence-electron chi connectivity index (χ1n) is 9.53. The van der Waals surface area contributed by atoms with E-state index in [0.717, 1.165) is 39.5 Å². The molecular formula is C23H25N3O3. The first-order valence-corrected chi connectivity index (χ1v) is 9.53. The van der Waals surface area contributed by atoms with Gasteiger partial charge in [0.1, 0.15) is 0 Å². The van der Waals surface area contributed by atoms with Crippen molar-refractivity contribution in [3.05, 3.63) is 76.1 Å². The number of carboxylic acids is 1. The van der Waals surface area contributed by atoms with Gasteiger partial charge in [-0.15, -0.1) is 0 Å². The maximum Gasteiger partial charge on any atom is 0.303 e. The van der Waals surface area contributed by atoms with Gasteiger partial charge in [0.15, 0.2) is 0 Å². The Kier molecular flexibility index (Phi) is 5.82. The van der Waals surface area contributed by atoms with Gasteiger partial charge in [-0.1, -0.05) is 18.2 Å². The van der Waals surface area contributed by atoms with Crippen LogP contribution in [0.1, 0.15) is 44.9 Å². The van der Waals surface area contributed by atoms with Crippen molar-refractivity contribution in [3.8, 4) is 5.69 Å². The Balaban J connectivity index is 1.81. The number of carbonyl (C=O) groups excluding carboxylic acids is 1. The number of amides is 1. The van der Waals surface area contributed by atoms with E-state index in [2.05, 4.69) is 10.4 Å². The van der Waals surface area contributed by atoms with Crippen LogP contribution in [0.4, 0.5) is 5.69 Å². The molecule has 1 aromatic heterocycles. The lowest BCUT2D eigenvalue weighted by molar-refractivity contribution is -0.136. The molecule has 2 aromatic carbocycles. The van der Waals surface area contributed by atoms with Crippen LogP contribution in [0.15, 0.2) is 42.5 Å². The van der Waals surface area contributed by atoms with E-state index < -0.39 is 5.97 Å². The average Bonchev–Trinajstić information content (AvgIpc) is 2.97. The van der Waals surface area contributed by atoms with Crippen LogP contribution in [-0.4, -0.2) is 26.8 Å². The molecule has 0 atom stereocenters. The van der Waals surface area contributed by atoms with Crippen LogP contribution < -0.4 is 5.32 Å². The molecular weight excluding hydrogens is 366 g/mol. The first-order chi connectivity index (χ1) is 13.8. The lowest BCUT2D eigenvalue weighted by atomic mass is 10.1. The molecule has 150 valence electrons. The van der Waals surface area contributed by atoms with Crippen molar-refractivity contribution in [2.75, 3.05) is 5.32 Å². The molecule has 0 bridgehead atoms. The summed E-state index contributed by atoms with van der Waals surface area (Å²) in [4.78, 5) is 23.5. The Hall–Kier alpha value is -3.41. The second-order valence-corrected chi connectivity index (χ2v) is 7.22. The molecule has 2 N–H and O–H groups in total. The topological polar surface area (TPSA) is 84.2 Å². The third-order valence-corrected chi connectivity index (χ3v) is 5.12. The molecule has 0 radical (unpaired) electrons. The van der Waals surface area contributed by atoms with Crippen molar-refractivity contribution >= 4 is 17.6 Å². The van der Waals surface area contributed by atoms with E-state index in [1.54, 1.807) is 16.8 Å². The molecule has 0 saturated carbocycles. The van der Waals surface area contributed by atoms with Gasteiger partial charge in [0.25, 0.3) is 5.91 Å². The third-order valence-electron chi connectivity index (χ3n) is 5.12. The van der Waals surface area contributed by atoms with E-state index in [1.165, 1.54) is 0 Å². The zero-order valence-electron chi connectivity index (χ0n) is 17.1. The fourth-order valence-electron chi connectivity index (χ4n) is 3.47. The van der Waals surface area contributed by atoms with Crippen LogP contribution in [0.3, 0.4) is 0 Å². The predicted octanol–water partition coefficient (Wildman–Crippen LogP) is 4.38. The Bertz CT molecular complexity index is 1050. The van der Waals surface area contributed by atoms with E-state index >= 15 is 0 Å². The van der Waals surface area contributed by atoms with Crippen molar-refractivity contribution in [3.63, 3.8) is 0 Å². The number of carbonyl (C=O) groups is 2. The first kappa shape index (κ1) is 20.3. The van der Waals surface area contributed by atoms with E-state index in [0.29, 0.717) is 12.0 Å². The number of aromatic nitrogens is 2. The van der Waals surface area contributed by atoms with Crippen LogP contribution in [0.25, 0.3) is 5.69 Å².